The molecule has 0 aromatic carbocycles. The largest absolute Gasteiger partial charge is 0.474 e. The number of allylic oxidation sites excluding steroid dienone is 1. The van der Waals surface area contributed by atoms with Crippen LogP contribution in [0.25, 0.3) is 0 Å². The maximum atomic E-state index is 5.74. The molecule has 1 heterocycles. The molecule has 0 aliphatic carbocycles. The third kappa shape index (κ3) is 4.79. The first-order chi connectivity index (χ1) is 7.22. The third-order valence-corrected chi connectivity index (χ3v) is 2.20. The van der Waals surface area contributed by atoms with Crippen molar-refractivity contribution in [3.05, 3.63) is 24.4 Å². The van der Waals surface area contributed by atoms with Gasteiger partial charge in [0, 0.05) is 6.20 Å². The van der Waals surface area contributed by atoms with E-state index in [9.17, 15) is 0 Å². The predicted octanol–water partition coefficient (Wildman–Crippen LogP) is 2.26. The zero-order chi connectivity index (χ0) is 11.1. The van der Waals surface area contributed by atoms with Crippen LogP contribution in [0.1, 0.15) is 26.7 Å². The third-order valence-electron chi connectivity index (χ3n) is 2.20. The Morgan fingerprint density at radius 3 is 2.60 bits per heavy atom. The average Bonchev–Trinajstić information content (AvgIpc) is 2.25. The van der Waals surface area contributed by atoms with Crippen LogP contribution in [0.5, 0.6) is 0 Å². The summed E-state index contributed by atoms with van der Waals surface area (Å²) in [4.78, 5) is 4.23. The smallest absolute Gasteiger partial charge is 0.212 e. The highest BCUT2D eigenvalue weighted by molar-refractivity contribution is 5.87. The monoisotopic (exact) mass is 208 g/mol. The van der Waals surface area contributed by atoms with E-state index in [1.807, 2.05) is 13.8 Å². The highest BCUT2D eigenvalue weighted by Crippen LogP contribution is 2.08. The van der Waals surface area contributed by atoms with Gasteiger partial charge in [0.05, 0.1) is 0 Å². The Labute approximate surface area is 91.9 Å². The number of rotatable bonds is 3. The van der Waals surface area contributed by atoms with Crippen LogP contribution < -0.4 is 5.32 Å². The predicted molar refractivity (Wildman–Crippen MR) is 64.0 cm³/mol. The minimum absolute atomic E-state index is 0.286. The summed E-state index contributed by atoms with van der Waals surface area (Å²) in [5.41, 5.74) is 1.16. The lowest BCUT2D eigenvalue weighted by atomic mass is 10.1. The molecular formula is C12H20N2O. The lowest BCUT2D eigenvalue weighted by molar-refractivity contribution is 0.152. The molecule has 15 heavy (non-hydrogen) atoms. The molecule has 1 aliphatic heterocycles. The first kappa shape index (κ1) is 12.0. The number of ether oxygens (including phenoxy) is 1. The van der Waals surface area contributed by atoms with E-state index in [0.29, 0.717) is 5.90 Å². The van der Waals surface area contributed by atoms with Crippen molar-refractivity contribution in [3.63, 3.8) is 0 Å². The van der Waals surface area contributed by atoms with Crippen LogP contribution in [0.2, 0.25) is 0 Å². The maximum absolute atomic E-state index is 5.74. The fourth-order valence-electron chi connectivity index (χ4n) is 1.41. The summed E-state index contributed by atoms with van der Waals surface area (Å²) in [5.74, 6) is 0.628. The van der Waals surface area contributed by atoms with E-state index in [-0.39, 0.29) is 6.10 Å². The SMILES string of the molecule is C=CC(=NC=C(C)C)OC1CCNCC1. The number of nitrogens with zero attached hydrogens (tertiary/aromatic N) is 1. The van der Waals surface area contributed by atoms with E-state index >= 15 is 0 Å². The van der Waals surface area contributed by atoms with Crippen LogP contribution in [0.3, 0.4) is 0 Å². The molecule has 3 heteroatoms. The van der Waals surface area contributed by atoms with Crippen LogP contribution in [-0.2, 0) is 4.74 Å². The molecular weight excluding hydrogens is 188 g/mol. The van der Waals surface area contributed by atoms with Crippen molar-refractivity contribution in [2.24, 2.45) is 4.99 Å². The van der Waals surface area contributed by atoms with Crippen molar-refractivity contribution < 1.29 is 4.74 Å². The van der Waals surface area contributed by atoms with Crippen molar-refractivity contribution in [1.82, 2.24) is 5.32 Å². The summed E-state index contributed by atoms with van der Waals surface area (Å²) < 4.78 is 5.74. The topological polar surface area (TPSA) is 33.6 Å². The van der Waals surface area contributed by atoms with Gasteiger partial charge >= 0.3 is 0 Å². The number of aliphatic imine (C=N–C) groups is 1. The van der Waals surface area contributed by atoms with Crippen LogP contribution in [0.15, 0.2) is 29.4 Å². The second-order valence-corrected chi connectivity index (χ2v) is 3.95. The Balaban J connectivity index is 2.48. The maximum Gasteiger partial charge on any atom is 0.212 e. The number of nitrogens with one attached hydrogen (secondary N) is 1. The molecule has 1 aliphatic rings. The van der Waals surface area contributed by atoms with Crippen molar-refractivity contribution in [2.75, 3.05) is 13.1 Å². The minimum Gasteiger partial charge on any atom is -0.474 e. The Morgan fingerprint density at radius 2 is 2.07 bits per heavy atom. The van der Waals surface area contributed by atoms with Gasteiger partial charge in [0.2, 0.25) is 5.90 Å². The van der Waals surface area contributed by atoms with Gasteiger partial charge in [0.15, 0.2) is 0 Å². The molecule has 0 aromatic heterocycles. The first-order valence-electron chi connectivity index (χ1n) is 5.43. The van der Waals surface area contributed by atoms with Crippen LogP contribution in [0, 0.1) is 0 Å². The lowest BCUT2D eigenvalue weighted by Gasteiger charge is -2.23. The molecule has 0 amide bonds. The van der Waals surface area contributed by atoms with Gasteiger partial charge in [-0.3, -0.25) is 0 Å². The molecule has 1 fully saturated rings. The Morgan fingerprint density at radius 1 is 1.40 bits per heavy atom. The molecule has 0 unspecified atom stereocenters. The van der Waals surface area contributed by atoms with Gasteiger partial charge in [-0.15, -0.1) is 0 Å². The van der Waals surface area contributed by atoms with Gasteiger partial charge in [0.25, 0.3) is 0 Å². The molecule has 3 nitrogen and oxygen atoms in total. The van der Waals surface area contributed by atoms with E-state index in [0.717, 1.165) is 31.5 Å². The van der Waals surface area contributed by atoms with E-state index < -0.39 is 0 Å². The number of hydrogen-bond acceptors (Lipinski definition) is 3. The van der Waals surface area contributed by atoms with E-state index in [1.165, 1.54) is 0 Å². The second-order valence-electron chi connectivity index (χ2n) is 3.95. The lowest BCUT2D eigenvalue weighted by Crippen LogP contribution is -2.33. The highest BCUT2D eigenvalue weighted by Gasteiger charge is 2.14. The molecule has 0 spiro atoms. The van der Waals surface area contributed by atoms with E-state index in [1.54, 1.807) is 12.3 Å². The highest BCUT2D eigenvalue weighted by atomic mass is 16.5. The van der Waals surface area contributed by atoms with E-state index in [2.05, 4.69) is 16.9 Å². The Hall–Kier alpha value is -1.09. The van der Waals surface area contributed by atoms with Crippen molar-refractivity contribution in [3.8, 4) is 0 Å². The molecule has 0 saturated carbocycles. The van der Waals surface area contributed by atoms with Gasteiger partial charge in [-0.2, -0.15) is 0 Å². The molecule has 1 rings (SSSR count). The summed E-state index contributed by atoms with van der Waals surface area (Å²) >= 11 is 0. The van der Waals surface area contributed by atoms with Crippen molar-refractivity contribution >= 4 is 5.90 Å². The summed E-state index contributed by atoms with van der Waals surface area (Å²) in [7, 11) is 0. The zero-order valence-electron chi connectivity index (χ0n) is 9.62. The number of piperidine rings is 1. The van der Waals surface area contributed by atoms with Crippen LogP contribution in [0.4, 0.5) is 0 Å². The van der Waals surface area contributed by atoms with Crippen molar-refractivity contribution in [1.29, 1.82) is 0 Å². The van der Waals surface area contributed by atoms with Gasteiger partial charge in [-0.1, -0.05) is 12.2 Å². The molecule has 84 valence electrons. The van der Waals surface area contributed by atoms with Gasteiger partial charge in [0.1, 0.15) is 6.10 Å². The zero-order valence-corrected chi connectivity index (χ0v) is 9.62. The van der Waals surface area contributed by atoms with Crippen LogP contribution in [-0.4, -0.2) is 25.1 Å². The molecule has 0 atom stereocenters. The van der Waals surface area contributed by atoms with Crippen molar-refractivity contribution in [2.45, 2.75) is 32.8 Å². The standard InChI is InChI=1S/C12H20N2O/c1-4-12(14-9-10(2)3)15-11-5-7-13-8-6-11/h4,9,11,13H,1,5-8H2,2-3H3. The molecule has 1 saturated heterocycles. The normalized spacial score (nSPS) is 18.4. The first-order valence-corrected chi connectivity index (χ1v) is 5.43. The average molecular weight is 208 g/mol. The van der Waals surface area contributed by atoms with Gasteiger partial charge in [-0.25, -0.2) is 4.99 Å². The summed E-state index contributed by atoms with van der Waals surface area (Å²) in [6, 6.07) is 0. The fraction of sp³-hybridized carbons (Fsp3) is 0.583. The molecule has 1 N–H and O–H groups in total. The quantitative estimate of drug-likeness (QED) is 0.570. The van der Waals surface area contributed by atoms with Gasteiger partial charge < -0.3 is 10.1 Å². The summed E-state index contributed by atoms with van der Waals surface area (Å²) in [6.45, 7) is 9.77. The van der Waals surface area contributed by atoms with Gasteiger partial charge in [-0.05, 0) is 45.9 Å². The summed E-state index contributed by atoms with van der Waals surface area (Å²) in [6.07, 6.45) is 5.84. The van der Waals surface area contributed by atoms with Crippen LogP contribution >= 0.6 is 0 Å². The molecule has 0 aromatic rings. The molecule has 0 radical (unpaired) electrons. The Kier molecular flexibility index (Phi) is 5.12. The molecule has 0 bridgehead atoms. The summed E-state index contributed by atoms with van der Waals surface area (Å²) in [5, 5.41) is 3.30. The Bertz CT molecular complexity index is 259. The fourth-order valence-corrected chi connectivity index (χ4v) is 1.41. The second kappa shape index (κ2) is 6.40. The number of hydrogen-bond donors (Lipinski definition) is 1. The van der Waals surface area contributed by atoms with E-state index in [4.69, 9.17) is 4.74 Å². The minimum atomic E-state index is 0.286.